The van der Waals surface area contributed by atoms with Crippen LogP contribution in [-0.4, -0.2) is 47.4 Å². The van der Waals surface area contributed by atoms with Crippen molar-refractivity contribution in [1.29, 1.82) is 0 Å². The van der Waals surface area contributed by atoms with Crippen LogP contribution in [0.2, 0.25) is 0 Å². The Balaban J connectivity index is 1.34. The van der Waals surface area contributed by atoms with E-state index in [0.29, 0.717) is 5.92 Å². The van der Waals surface area contributed by atoms with Crippen molar-refractivity contribution in [2.45, 2.75) is 18.9 Å². The Morgan fingerprint density at radius 2 is 1.96 bits per heavy atom. The molecule has 0 spiro atoms. The number of aromatic nitrogens is 6. The van der Waals surface area contributed by atoms with Gasteiger partial charge in [0.05, 0.1) is 6.20 Å². The normalized spacial score (nSPS) is 17.7. The summed E-state index contributed by atoms with van der Waals surface area (Å²) in [6, 6.07) is 8.14. The number of hydrogen-bond donors (Lipinski definition) is 0. The minimum absolute atomic E-state index is 0.381. The number of hydrogen-bond acceptors (Lipinski definition) is 5. The van der Waals surface area contributed by atoms with Crippen LogP contribution in [0, 0.1) is 0 Å². The second-order valence-electron chi connectivity index (χ2n) is 7.17. The van der Waals surface area contributed by atoms with Crippen LogP contribution >= 0.6 is 0 Å². The predicted octanol–water partition coefficient (Wildman–Crippen LogP) is 2.51. The summed E-state index contributed by atoms with van der Waals surface area (Å²) in [4.78, 5) is 11.3. The minimum Gasteiger partial charge on any atom is -0.298 e. The van der Waals surface area contributed by atoms with E-state index < -0.39 is 0 Å². The summed E-state index contributed by atoms with van der Waals surface area (Å²) in [7, 11) is 1.96. The highest BCUT2D eigenvalue weighted by Crippen LogP contribution is 2.27. The fraction of sp³-hybridized carbons (Fsp3) is 0.300. The number of fused-ring (bicyclic) bond motifs is 1. The molecule has 4 aromatic heterocycles. The molecule has 5 heterocycles. The summed E-state index contributed by atoms with van der Waals surface area (Å²) in [6.45, 7) is 2.99. The summed E-state index contributed by atoms with van der Waals surface area (Å²) in [5, 5.41) is 9.03. The highest BCUT2D eigenvalue weighted by molar-refractivity contribution is 5.63. The first-order valence-corrected chi connectivity index (χ1v) is 9.21. The molecule has 0 radical (unpaired) electrons. The Bertz CT molecular complexity index is 1070. The molecule has 136 valence electrons. The van der Waals surface area contributed by atoms with Crippen molar-refractivity contribution in [3.63, 3.8) is 0 Å². The van der Waals surface area contributed by atoms with Crippen molar-refractivity contribution in [1.82, 2.24) is 34.3 Å². The van der Waals surface area contributed by atoms with Gasteiger partial charge >= 0.3 is 0 Å². The third-order valence-corrected chi connectivity index (χ3v) is 5.16. The summed E-state index contributed by atoms with van der Waals surface area (Å²) in [5.74, 6) is 1.32. The fourth-order valence-corrected chi connectivity index (χ4v) is 3.79. The zero-order valence-electron chi connectivity index (χ0n) is 15.2. The van der Waals surface area contributed by atoms with Gasteiger partial charge in [-0.15, -0.1) is 0 Å². The summed E-state index contributed by atoms with van der Waals surface area (Å²) in [6.07, 6.45) is 10.8. The van der Waals surface area contributed by atoms with E-state index >= 15 is 0 Å². The van der Waals surface area contributed by atoms with Crippen molar-refractivity contribution in [2.75, 3.05) is 13.1 Å². The first-order chi connectivity index (χ1) is 13.2. The zero-order valence-corrected chi connectivity index (χ0v) is 15.2. The average Bonchev–Trinajstić information content (AvgIpc) is 3.41. The van der Waals surface area contributed by atoms with Gasteiger partial charge in [0.15, 0.2) is 11.5 Å². The molecular weight excluding hydrogens is 338 g/mol. The standard InChI is InChI=1S/C20H21N7/c1-25-11-15(10-22-25)12-26-9-6-18(13-26)20-23-19-3-2-17(14-27(19)24-20)16-4-7-21-8-5-16/h2-5,7-8,10-11,14,18H,6,9,12-13H2,1H3. The van der Waals surface area contributed by atoms with Crippen LogP contribution in [0.5, 0.6) is 0 Å². The molecule has 0 bridgehead atoms. The van der Waals surface area contributed by atoms with Gasteiger partial charge in [-0.25, -0.2) is 9.50 Å². The third kappa shape index (κ3) is 3.21. The molecule has 27 heavy (non-hydrogen) atoms. The largest absolute Gasteiger partial charge is 0.298 e. The number of pyridine rings is 2. The maximum atomic E-state index is 4.77. The van der Waals surface area contributed by atoms with Gasteiger partial charge in [0, 0.05) is 62.0 Å². The van der Waals surface area contributed by atoms with E-state index in [9.17, 15) is 0 Å². The molecule has 1 fully saturated rings. The van der Waals surface area contributed by atoms with Gasteiger partial charge in [0.2, 0.25) is 0 Å². The third-order valence-electron chi connectivity index (χ3n) is 5.16. The first kappa shape index (κ1) is 16.1. The lowest BCUT2D eigenvalue weighted by Gasteiger charge is -2.13. The molecule has 5 rings (SSSR count). The molecule has 4 aromatic rings. The summed E-state index contributed by atoms with van der Waals surface area (Å²) in [5.41, 5.74) is 4.40. The van der Waals surface area contributed by atoms with E-state index in [1.165, 1.54) is 5.56 Å². The van der Waals surface area contributed by atoms with Crippen molar-refractivity contribution < 1.29 is 0 Å². The monoisotopic (exact) mass is 359 g/mol. The van der Waals surface area contributed by atoms with Gasteiger partial charge in [-0.05, 0) is 42.8 Å². The molecule has 7 heteroatoms. The Hall–Kier alpha value is -3.06. The molecular formula is C20H21N7. The number of aryl methyl sites for hydroxylation is 1. The lowest BCUT2D eigenvalue weighted by Crippen LogP contribution is -2.19. The van der Waals surface area contributed by atoms with Crippen LogP contribution in [0.25, 0.3) is 16.8 Å². The lowest BCUT2D eigenvalue weighted by atomic mass is 10.1. The fourth-order valence-electron chi connectivity index (χ4n) is 3.79. The quantitative estimate of drug-likeness (QED) is 0.560. The minimum atomic E-state index is 0.381. The number of nitrogens with zero attached hydrogens (tertiary/aromatic N) is 7. The van der Waals surface area contributed by atoms with E-state index in [-0.39, 0.29) is 0 Å². The second kappa shape index (κ2) is 6.59. The molecule has 1 saturated heterocycles. The lowest BCUT2D eigenvalue weighted by molar-refractivity contribution is 0.325. The van der Waals surface area contributed by atoms with Gasteiger partial charge in [0.1, 0.15) is 0 Å². The highest BCUT2D eigenvalue weighted by atomic mass is 15.3. The maximum absolute atomic E-state index is 4.77. The van der Waals surface area contributed by atoms with Gasteiger partial charge in [-0.1, -0.05) is 0 Å². The Labute approximate surface area is 157 Å². The predicted molar refractivity (Wildman–Crippen MR) is 102 cm³/mol. The summed E-state index contributed by atoms with van der Waals surface area (Å²) >= 11 is 0. The molecule has 1 aliphatic rings. The van der Waals surface area contributed by atoms with E-state index in [1.54, 1.807) is 0 Å². The van der Waals surface area contributed by atoms with E-state index in [2.05, 4.69) is 27.2 Å². The number of likely N-dealkylation sites (tertiary alicyclic amines) is 1. The Morgan fingerprint density at radius 1 is 1.07 bits per heavy atom. The smallest absolute Gasteiger partial charge is 0.156 e. The molecule has 1 aliphatic heterocycles. The summed E-state index contributed by atoms with van der Waals surface area (Å²) < 4.78 is 3.75. The topological polar surface area (TPSA) is 64.1 Å². The average molecular weight is 359 g/mol. The molecule has 0 aromatic carbocycles. The van der Waals surface area contributed by atoms with Crippen LogP contribution in [0.1, 0.15) is 23.7 Å². The molecule has 0 aliphatic carbocycles. The maximum Gasteiger partial charge on any atom is 0.156 e. The van der Waals surface area contributed by atoms with Crippen LogP contribution in [-0.2, 0) is 13.6 Å². The van der Waals surface area contributed by atoms with Crippen LogP contribution in [0.4, 0.5) is 0 Å². The van der Waals surface area contributed by atoms with Crippen molar-refractivity contribution >= 4 is 5.65 Å². The molecule has 0 saturated carbocycles. The van der Waals surface area contributed by atoms with Crippen LogP contribution in [0.3, 0.4) is 0 Å². The van der Waals surface area contributed by atoms with E-state index in [4.69, 9.17) is 10.1 Å². The molecule has 0 N–H and O–H groups in total. The molecule has 1 atom stereocenters. The first-order valence-electron chi connectivity index (χ1n) is 9.21. The highest BCUT2D eigenvalue weighted by Gasteiger charge is 2.27. The van der Waals surface area contributed by atoms with E-state index in [0.717, 1.165) is 48.7 Å². The SMILES string of the molecule is Cn1cc(CN2CCC(c3nc4ccc(-c5ccncc5)cn4n3)C2)cn1. The molecule has 0 amide bonds. The Morgan fingerprint density at radius 3 is 2.78 bits per heavy atom. The van der Waals surface area contributed by atoms with Crippen molar-refractivity contribution in [3.8, 4) is 11.1 Å². The van der Waals surface area contributed by atoms with Crippen LogP contribution < -0.4 is 0 Å². The van der Waals surface area contributed by atoms with Crippen LogP contribution in [0.15, 0.2) is 55.2 Å². The van der Waals surface area contributed by atoms with Gasteiger partial charge < -0.3 is 0 Å². The van der Waals surface area contributed by atoms with Gasteiger partial charge in [-0.2, -0.15) is 10.2 Å². The zero-order chi connectivity index (χ0) is 18.2. The van der Waals surface area contributed by atoms with Crippen molar-refractivity contribution in [2.24, 2.45) is 7.05 Å². The molecule has 1 unspecified atom stereocenters. The van der Waals surface area contributed by atoms with E-state index in [1.807, 2.05) is 59.2 Å². The molecule has 7 nitrogen and oxygen atoms in total. The van der Waals surface area contributed by atoms with Gasteiger partial charge in [-0.3, -0.25) is 14.6 Å². The van der Waals surface area contributed by atoms with Crippen molar-refractivity contribution in [3.05, 3.63) is 66.6 Å². The number of rotatable bonds is 4. The van der Waals surface area contributed by atoms with Gasteiger partial charge in [0.25, 0.3) is 0 Å². The second-order valence-corrected chi connectivity index (χ2v) is 7.17. The Kier molecular flexibility index (Phi) is 3.94.